The van der Waals surface area contributed by atoms with Gasteiger partial charge in [0.25, 0.3) is 5.91 Å². The lowest BCUT2D eigenvalue weighted by Crippen LogP contribution is -2.26. The van der Waals surface area contributed by atoms with E-state index in [1.807, 2.05) is 31.2 Å². The maximum absolute atomic E-state index is 12.2. The highest BCUT2D eigenvalue weighted by molar-refractivity contribution is 7.83. The SMILES string of the molecule is COCCNC(=O)c1ccc(CS(=O)Cc2ccc(C)cc2)o1. The van der Waals surface area contributed by atoms with Crippen LogP contribution in [0.15, 0.2) is 40.8 Å². The third kappa shape index (κ3) is 5.65. The second-order valence-corrected chi connectivity index (χ2v) is 6.69. The number of methoxy groups -OCH3 is 1. The molecule has 1 aromatic carbocycles. The maximum atomic E-state index is 12.2. The lowest BCUT2D eigenvalue weighted by molar-refractivity contribution is 0.0908. The van der Waals surface area contributed by atoms with Crippen molar-refractivity contribution >= 4 is 16.7 Å². The number of hydrogen-bond donors (Lipinski definition) is 1. The zero-order valence-electron chi connectivity index (χ0n) is 13.3. The first-order valence-corrected chi connectivity index (χ1v) is 8.83. The number of benzene rings is 1. The minimum atomic E-state index is -1.08. The van der Waals surface area contributed by atoms with E-state index in [2.05, 4.69) is 5.32 Å². The van der Waals surface area contributed by atoms with Crippen molar-refractivity contribution in [3.8, 4) is 0 Å². The van der Waals surface area contributed by atoms with Gasteiger partial charge in [-0.25, -0.2) is 0 Å². The van der Waals surface area contributed by atoms with Crippen LogP contribution in [0, 0.1) is 6.92 Å². The Kier molecular flexibility index (Phi) is 6.55. The fourth-order valence-electron chi connectivity index (χ4n) is 2.01. The fourth-order valence-corrected chi connectivity index (χ4v) is 3.15. The molecule has 124 valence electrons. The van der Waals surface area contributed by atoms with Crippen LogP contribution in [0.4, 0.5) is 0 Å². The highest BCUT2D eigenvalue weighted by atomic mass is 32.2. The zero-order chi connectivity index (χ0) is 16.7. The summed E-state index contributed by atoms with van der Waals surface area (Å²) < 4.78 is 22.5. The van der Waals surface area contributed by atoms with Crippen molar-refractivity contribution in [2.75, 3.05) is 20.3 Å². The highest BCUT2D eigenvalue weighted by Gasteiger charge is 2.12. The number of nitrogens with one attached hydrogen (secondary N) is 1. The van der Waals surface area contributed by atoms with Gasteiger partial charge in [-0.1, -0.05) is 29.8 Å². The smallest absolute Gasteiger partial charge is 0.287 e. The standard InChI is InChI=1S/C17H21NO4S/c1-13-3-5-14(6-4-13)11-23(20)12-15-7-8-16(22-15)17(19)18-9-10-21-2/h3-8H,9-12H2,1-2H3,(H,18,19). The van der Waals surface area contributed by atoms with Crippen molar-refractivity contribution in [3.05, 3.63) is 59.0 Å². The molecule has 0 bridgehead atoms. The van der Waals surface area contributed by atoms with Gasteiger partial charge in [0.2, 0.25) is 0 Å². The van der Waals surface area contributed by atoms with Gasteiger partial charge in [-0.05, 0) is 24.6 Å². The molecule has 0 saturated heterocycles. The molecule has 1 atom stereocenters. The quantitative estimate of drug-likeness (QED) is 0.752. The summed E-state index contributed by atoms with van der Waals surface area (Å²) in [7, 11) is 0.489. The van der Waals surface area contributed by atoms with Crippen LogP contribution in [0.25, 0.3) is 0 Å². The van der Waals surface area contributed by atoms with Crippen molar-refractivity contribution in [1.82, 2.24) is 5.32 Å². The van der Waals surface area contributed by atoms with E-state index in [4.69, 9.17) is 9.15 Å². The van der Waals surface area contributed by atoms with Crippen LogP contribution in [-0.4, -0.2) is 30.4 Å². The van der Waals surface area contributed by atoms with Gasteiger partial charge in [-0.15, -0.1) is 0 Å². The Bertz CT molecular complexity index is 663. The van der Waals surface area contributed by atoms with Crippen LogP contribution in [0.2, 0.25) is 0 Å². The molecule has 0 aliphatic rings. The van der Waals surface area contributed by atoms with Crippen LogP contribution in [0.3, 0.4) is 0 Å². The van der Waals surface area contributed by atoms with E-state index in [1.165, 1.54) is 5.56 Å². The minimum absolute atomic E-state index is 0.225. The van der Waals surface area contributed by atoms with Crippen LogP contribution < -0.4 is 5.32 Å². The molecule has 0 spiro atoms. The molecule has 0 aliphatic carbocycles. The predicted molar refractivity (Wildman–Crippen MR) is 89.6 cm³/mol. The van der Waals surface area contributed by atoms with E-state index < -0.39 is 10.8 Å². The van der Waals surface area contributed by atoms with Gasteiger partial charge in [-0.2, -0.15) is 0 Å². The Morgan fingerprint density at radius 3 is 2.61 bits per heavy atom. The molecule has 0 radical (unpaired) electrons. The van der Waals surface area contributed by atoms with Crippen molar-refractivity contribution in [2.24, 2.45) is 0 Å². The minimum Gasteiger partial charge on any atom is -0.455 e. The van der Waals surface area contributed by atoms with Gasteiger partial charge in [0, 0.05) is 30.2 Å². The van der Waals surface area contributed by atoms with E-state index in [0.29, 0.717) is 30.4 Å². The normalized spacial score (nSPS) is 12.1. The Balaban J connectivity index is 1.87. The molecule has 0 fully saturated rings. The summed E-state index contributed by atoms with van der Waals surface area (Å²) in [4.78, 5) is 11.8. The Morgan fingerprint density at radius 1 is 1.17 bits per heavy atom. The Hall–Kier alpha value is -1.92. The van der Waals surface area contributed by atoms with E-state index in [9.17, 15) is 9.00 Å². The van der Waals surface area contributed by atoms with Crippen LogP contribution >= 0.6 is 0 Å². The fraction of sp³-hybridized carbons (Fsp3) is 0.353. The third-order valence-electron chi connectivity index (χ3n) is 3.23. The number of ether oxygens (including phenoxy) is 1. The lowest BCUT2D eigenvalue weighted by atomic mass is 10.2. The summed E-state index contributed by atoms with van der Waals surface area (Å²) in [6, 6.07) is 11.2. The summed E-state index contributed by atoms with van der Waals surface area (Å²) in [6.07, 6.45) is 0. The first kappa shape index (κ1) is 17.4. The molecule has 1 heterocycles. The summed E-state index contributed by atoms with van der Waals surface area (Å²) in [5, 5.41) is 2.68. The molecule has 1 aromatic heterocycles. The van der Waals surface area contributed by atoms with E-state index in [-0.39, 0.29) is 11.7 Å². The summed E-state index contributed by atoms with van der Waals surface area (Å²) in [5.74, 6) is 1.24. The average Bonchev–Trinajstić information content (AvgIpc) is 2.98. The molecule has 1 unspecified atom stereocenters. The van der Waals surface area contributed by atoms with Gasteiger partial charge < -0.3 is 14.5 Å². The number of furan rings is 1. The first-order chi connectivity index (χ1) is 11.1. The van der Waals surface area contributed by atoms with E-state index in [0.717, 1.165) is 5.56 Å². The van der Waals surface area contributed by atoms with Crippen molar-refractivity contribution in [3.63, 3.8) is 0 Å². The zero-order valence-corrected chi connectivity index (χ0v) is 14.2. The summed E-state index contributed by atoms with van der Waals surface area (Å²) >= 11 is 0. The number of carbonyl (C=O) groups excluding carboxylic acids is 1. The topological polar surface area (TPSA) is 68.5 Å². The molecule has 0 aliphatic heterocycles. The van der Waals surface area contributed by atoms with Crippen molar-refractivity contribution < 1.29 is 18.2 Å². The van der Waals surface area contributed by atoms with E-state index >= 15 is 0 Å². The molecule has 2 rings (SSSR count). The molecule has 2 aromatic rings. The van der Waals surface area contributed by atoms with Crippen LogP contribution in [-0.2, 0) is 27.0 Å². The van der Waals surface area contributed by atoms with Crippen molar-refractivity contribution in [2.45, 2.75) is 18.4 Å². The van der Waals surface area contributed by atoms with Gasteiger partial charge in [0.05, 0.1) is 12.4 Å². The van der Waals surface area contributed by atoms with Crippen LogP contribution in [0.1, 0.15) is 27.4 Å². The average molecular weight is 335 g/mol. The first-order valence-electron chi connectivity index (χ1n) is 7.35. The third-order valence-corrected chi connectivity index (χ3v) is 4.49. The van der Waals surface area contributed by atoms with Crippen LogP contribution in [0.5, 0.6) is 0 Å². The highest BCUT2D eigenvalue weighted by Crippen LogP contribution is 2.13. The van der Waals surface area contributed by atoms with Gasteiger partial charge >= 0.3 is 0 Å². The number of carbonyl (C=O) groups is 1. The molecule has 5 nitrogen and oxygen atoms in total. The lowest BCUT2D eigenvalue weighted by Gasteiger charge is -2.03. The van der Waals surface area contributed by atoms with Gasteiger partial charge in [0.1, 0.15) is 5.76 Å². The Labute approximate surface area is 138 Å². The number of hydrogen-bond acceptors (Lipinski definition) is 4. The second-order valence-electron chi connectivity index (χ2n) is 5.23. The number of rotatable bonds is 8. The molecule has 1 amide bonds. The molecule has 23 heavy (non-hydrogen) atoms. The molecule has 6 heteroatoms. The molecular formula is C17H21NO4S. The monoisotopic (exact) mass is 335 g/mol. The molecular weight excluding hydrogens is 314 g/mol. The molecule has 0 saturated carbocycles. The second kappa shape index (κ2) is 8.64. The largest absolute Gasteiger partial charge is 0.455 e. The predicted octanol–water partition coefficient (Wildman–Crippen LogP) is 2.41. The van der Waals surface area contributed by atoms with E-state index in [1.54, 1.807) is 19.2 Å². The summed E-state index contributed by atoms with van der Waals surface area (Å²) in [6.45, 7) is 2.88. The van der Waals surface area contributed by atoms with Crippen molar-refractivity contribution in [1.29, 1.82) is 0 Å². The maximum Gasteiger partial charge on any atom is 0.287 e. The summed E-state index contributed by atoms with van der Waals surface area (Å²) in [5.41, 5.74) is 2.20. The number of aryl methyl sites for hydroxylation is 1. The Morgan fingerprint density at radius 2 is 1.91 bits per heavy atom. The van der Waals surface area contributed by atoms with Gasteiger partial charge in [-0.3, -0.25) is 9.00 Å². The molecule has 1 N–H and O–H groups in total. The number of amides is 1. The van der Waals surface area contributed by atoms with Gasteiger partial charge in [0.15, 0.2) is 5.76 Å².